The topological polar surface area (TPSA) is 106 Å². The summed E-state index contributed by atoms with van der Waals surface area (Å²) in [5.41, 5.74) is 4.04. The van der Waals surface area contributed by atoms with Gasteiger partial charge in [-0.05, 0) is 55.3 Å². The second-order valence-electron chi connectivity index (χ2n) is 8.16. The molecule has 2 aromatic carbocycles. The monoisotopic (exact) mass is 444 g/mol. The Kier molecular flexibility index (Phi) is 5.60. The smallest absolute Gasteiger partial charge is 0.258 e. The predicted molar refractivity (Wildman–Crippen MR) is 123 cm³/mol. The number of aryl methyl sites for hydroxylation is 1. The highest BCUT2D eigenvalue weighted by Gasteiger charge is 2.18. The van der Waals surface area contributed by atoms with Crippen LogP contribution in [0.1, 0.15) is 26.2 Å². The summed E-state index contributed by atoms with van der Waals surface area (Å²) in [5, 5.41) is 6.84. The number of benzene rings is 2. The van der Waals surface area contributed by atoms with E-state index in [1.165, 1.54) is 6.92 Å². The van der Waals surface area contributed by atoms with Crippen LogP contribution in [0.25, 0.3) is 33.9 Å². The molecule has 0 bridgehead atoms. The van der Waals surface area contributed by atoms with Gasteiger partial charge < -0.3 is 19.3 Å². The van der Waals surface area contributed by atoms with E-state index in [1.807, 2.05) is 39.8 Å². The van der Waals surface area contributed by atoms with E-state index in [9.17, 15) is 9.59 Å². The molecule has 1 fully saturated rings. The first kappa shape index (κ1) is 20.9. The average molecular weight is 444 g/mol. The van der Waals surface area contributed by atoms with Crippen molar-refractivity contribution < 1.29 is 14.1 Å². The van der Waals surface area contributed by atoms with Gasteiger partial charge in [-0.1, -0.05) is 5.16 Å². The minimum absolute atomic E-state index is 0.126. The fourth-order valence-electron chi connectivity index (χ4n) is 4.08. The zero-order valence-electron chi connectivity index (χ0n) is 18.3. The third kappa shape index (κ3) is 4.48. The van der Waals surface area contributed by atoms with Crippen molar-refractivity contribution in [1.82, 2.24) is 24.6 Å². The molecule has 168 valence electrons. The Morgan fingerprint density at radius 1 is 1.06 bits per heavy atom. The fraction of sp³-hybridized carbons (Fsp3) is 0.292. The van der Waals surface area contributed by atoms with Crippen LogP contribution in [0.15, 0.2) is 53.3 Å². The van der Waals surface area contributed by atoms with Gasteiger partial charge in [-0.2, -0.15) is 4.98 Å². The van der Waals surface area contributed by atoms with Crippen molar-refractivity contribution in [2.45, 2.75) is 32.7 Å². The SMILES string of the molecule is CC(=O)Nc1ccc(-c2nc(-c3ccc4c(c3)ncn4CCC(=O)N3CCCC3)no2)cc1. The number of aromatic nitrogens is 4. The Labute approximate surface area is 190 Å². The van der Waals surface area contributed by atoms with Crippen molar-refractivity contribution in [3.63, 3.8) is 0 Å². The van der Waals surface area contributed by atoms with Crippen LogP contribution in [0.5, 0.6) is 0 Å². The van der Waals surface area contributed by atoms with Crippen LogP contribution in [-0.4, -0.2) is 49.5 Å². The van der Waals surface area contributed by atoms with Crippen LogP contribution >= 0.6 is 0 Å². The van der Waals surface area contributed by atoms with E-state index in [-0.39, 0.29) is 11.8 Å². The lowest BCUT2D eigenvalue weighted by Crippen LogP contribution is -2.28. The average Bonchev–Trinajstić information content (AvgIpc) is 3.58. The third-order valence-electron chi connectivity index (χ3n) is 5.78. The lowest BCUT2D eigenvalue weighted by molar-refractivity contribution is -0.130. The molecule has 2 amide bonds. The molecule has 9 nitrogen and oxygen atoms in total. The lowest BCUT2D eigenvalue weighted by atomic mass is 10.2. The van der Waals surface area contributed by atoms with Crippen LogP contribution < -0.4 is 5.32 Å². The van der Waals surface area contributed by atoms with Crippen molar-refractivity contribution in [2.24, 2.45) is 0 Å². The maximum absolute atomic E-state index is 12.3. The number of hydrogen-bond donors (Lipinski definition) is 1. The summed E-state index contributed by atoms with van der Waals surface area (Å²) in [6, 6.07) is 13.0. The number of carbonyl (C=O) groups is 2. The van der Waals surface area contributed by atoms with Crippen LogP contribution in [0, 0.1) is 0 Å². The molecule has 0 unspecified atom stereocenters. The largest absolute Gasteiger partial charge is 0.343 e. The van der Waals surface area contributed by atoms with Gasteiger partial charge in [-0.3, -0.25) is 9.59 Å². The Balaban J connectivity index is 1.30. The standard InChI is InChI=1S/C24H24N6O3/c1-16(31)26-19-7-4-17(5-8-19)24-27-23(28-33-24)18-6-9-21-20(14-18)25-15-30(21)13-10-22(32)29-11-2-3-12-29/h4-9,14-15H,2-3,10-13H2,1H3,(H,26,31). The first-order valence-electron chi connectivity index (χ1n) is 11.0. The molecule has 5 rings (SSSR count). The number of imidazole rings is 1. The third-order valence-corrected chi connectivity index (χ3v) is 5.78. The van der Waals surface area contributed by atoms with Crippen molar-refractivity contribution in [1.29, 1.82) is 0 Å². The summed E-state index contributed by atoms with van der Waals surface area (Å²) in [6.45, 7) is 3.82. The molecule has 33 heavy (non-hydrogen) atoms. The number of anilines is 1. The Bertz CT molecular complexity index is 1300. The van der Waals surface area contributed by atoms with Gasteiger partial charge in [-0.15, -0.1) is 0 Å². The van der Waals surface area contributed by atoms with Gasteiger partial charge in [-0.25, -0.2) is 4.98 Å². The lowest BCUT2D eigenvalue weighted by Gasteiger charge is -2.15. The Morgan fingerprint density at radius 3 is 2.58 bits per heavy atom. The van der Waals surface area contributed by atoms with Gasteiger partial charge in [0.25, 0.3) is 5.89 Å². The first-order valence-corrected chi connectivity index (χ1v) is 11.0. The van der Waals surface area contributed by atoms with E-state index in [1.54, 1.807) is 18.5 Å². The number of rotatable bonds is 6. The molecule has 9 heteroatoms. The molecule has 0 radical (unpaired) electrons. The molecule has 1 aliphatic rings. The maximum Gasteiger partial charge on any atom is 0.258 e. The quantitative estimate of drug-likeness (QED) is 0.486. The maximum atomic E-state index is 12.3. The summed E-state index contributed by atoms with van der Waals surface area (Å²) in [5.74, 6) is 0.941. The molecular formula is C24H24N6O3. The van der Waals surface area contributed by atoms with Crippen LogP contribution in [0.4, 0.5) is 5.69 Å². The molecular weight excluding hydrogens is 420 g/mol. The Morgan fingerprint density at radius 2 is 1.82 bits per heavy atom. The van der Waals surface area contributed by atoms with E-state index in [0.717, 1.165) is 48.1 Å². The molecule has 0 saturated carbocycles. The second kappa shape index (κ2) is 8.85. The second-order valence-corrected chi connectivity index (χ2v) is 8.16. The van der Waals surface area contributed by atoms with Gasteiger partial charge >= 0.3 is 0 Å². The van der Waals surface area contributed by atoms with E-state index in [4.69, 9.17) is 4.52 Å². The van der Waals surface area contributed by atoms with Crippen LogP contribution in [0.2, 0.25) is 0 Å². The normalized spacial score (nSPS) is 13.5. The number of hydrogen-bond acceptors (Lipinski definition) is 6. The molecule has 2 aromatic heterocycles. The molecule has 1 N–H and O–H groups in total. The summed E-state index contributed by atoms with van der Waals surface area (Å²) in [6.07, 6.45) is 4.44. The van der Waals surface area contributed by atoms with Gasteiger partial charge in [0, 0.05) is 49.8 Å². The number of nitrogens with one attached hydrogen (secondary N) is 1. The van der Waals surface area contributed by atoms with E-state index >= 15 is 0 Å². The van der Waals surface area contributed by atoms with Crippen molar-refractivity contribution in [3.8, 4) is 22.8 Å². The molecule has 0 spiro atoms. The van der Waals surface area contributed by atoms with Crippen LogP contribution in [0.3, 0.4) is 0 Å². The van der Waals surface area contributed by atoms with Gasteiger partial charge in [0.05, 0.1) is 17.4 Å². The molecule has 4 aromatic rings. The summed E-state index contributed by atoms with van der Waals surface area (Å²) >= 11 is 0. The van der Waals surface area contributed by atoms with Gasteiger partial charge in [0.1, 0.15) is 0 Å². The predicted octanol–water partition coefficient (Wildman–Crippen LogP) is 3.72. The number of fused-ring (bicyclic) bond motifs is 1. The number of nitrogens with zero attached hydrogens (tertiary/aromatic N) is 5. The first-order chi connectivity index (χ1) is 16.1. The van der Waals surface area contributed by atoms with Crippen molar-refractivity contribution in [3.05, 3.63) is 48.8 Å². The number of likely N-dealkylation sites (tertiary alicyclic amines) is 1. The number of amides is 2. The van der Waals surface area contributed by atoms with E-state index in [0.29, 0.717) is 30.4 Å². The van der Waals surface area contributed by atoms with Crippen molar-refractivity contribution >= 4 is 28.5 Å². The highest BCUT2D eigenvalue weighted by atomic mass is 16.5. The van der Waals surface area contributed by atoms with Crippen molar-refractivity contribution in [2.75, 3.05) is 18.4 Å². The molecule has 1 saturated heterocycles. The summed E-state index contributed by atoms with van der Waals surface area (Å²) in [7, 11) is 0. The number of carbonyl (C=O) groups excluding carboxylic acids is 2. The van der Waals surface area contributed by atoms with Gasteiger partial charge in [0.15, 0.2) is 0 Å². The zero-order chi connectivity index (χ0) is 22.8. The fourth-order valence-corrected chi connectivity index (χ4v) is 4.08. The summed E-state index contributed by atoms with van der Waals surface area (Å²) < 4.78 is 7.45. The minimum Gasteiger partial charge on any atom is -0.343 e. The molecule has 0 atom stereocenters. The minimum atomic E-state index is -0.126. The zero-order valence-corrected chi connectivity index (χ0v) is 18.3. The van der Waals surface area contributed by atoms with E-state index in [2.05, 4.69) is 20.4 Å². The molecule has 3 heterocycles. The molecule has 0 aliphatic carbocycles. The van der Waals surface area contributed by atoms with Gasteiger partial charge in [0.2, 0.25) is 17.6 Å². The summed E-state index contributed by atoms with van der Waals surface area (Å²) in [4.78, 5) is 34.5. The van der Waals surface area contributed by atoms with E-state index < -0.39 is 0 Å². The molecule has 1 aliphatic heterocycles. The highest BCUT2D eigenvalue weighted by Crippen LogP contribution is 2.26. The highest BCUT2D eigenvalue weighted by molar-refractivity contribution is 5.89. The van der Waals surface area contributed by atoms with Crippen LogP contribution in [-0.2, 0) is 16.1 Å². The Hall–Kier alpha value is -4.01.